The van der Waals surface area contributed by atoms with E-state index in [1.165, 1.54) is 0 Å². The summed E-state index contributed by atoms with van der Waals surface area (Å²) in [7, 11) is 1.88. The van der Waals surface area contributed by atoms with Crippen molar-refractivity contribution in [1.82, 2.24) is 4.90 Å². The lowest BCUT2D eigenvalue weighted by atomic mass is 9.84. The standard InChI is InChI=1S/C17H17Br2NO2/c1-20-15(21)10-22-17(12-4-8-14(19)9-5-12)16(20)11-2-6-13(18)7-3-11/h2,4-9,11,16-17H,3,10H2,1H3. The van der Waals surface area contributed by atoms with Gasteiger partial charge in [-0.15, -0.1) is 0 Å². The lowest BCUT2D eigenvalue weighted by molar-refractivity contribution is -0.157. The van der Waals surface area contributed by atoms with Crippen molar-refractivity contribution in [2.45, 2.75) is 18.6 Å². The first-order chi connectivity index (χ1) is 10.6. The molecule has 0 saturated carbocycles. The molecular weight excluding hydrogens is 410 g/mol. The molecule has 1 heterocycles. The first-order valence-corrected chi connectivity index (χ1v) is 8.81. The summed E-state index contributed by atoms with van der Waals surface area (Å²) in [6, 6.07) is 8.15. The molecule has 0 N–H and O–H groups in total. The van der Waals surface area contributed by atoms with Crippen molar-refractivity contribution in [3.63, 3.8) is 0 Å². The molecule has 1 amide bonds. The minimum Gasteiger partial charge on any atom is -0.362 e. The Bertz CT molecular complexity index is 624. The summed E-state index contributed by atoms with van der Waals surface area (Å²) in [6.07, 6.45) is 7.17. The summed E-state index contributed by atoms with van der Waals surface area (Å²) in [5.41, 5.74) is 1.11. The molecule has 3 unspecified atom stereocenters. The normalized spacial score (nSPS) is 28.7. The SMILES string of the molecule is CN1C(=O)COC(c2ccc(Br)cc2)C1C1C=CC(Br)=CC1. The number of nitrogens with zero attached hydrogens (tertiary/aromatic N) is 1. The highest BCUT2D eigenvalue weighted by molar-refractivity contribution is 9.12. The Morgan fingerprint density at radius 3 is 2.59 bits per heavy atom. The fraction of sp³-hybridized carbons (Fsp3) is 0.353. The van der Waals surface area contributed by atoms with Crippen LogP contribution in [0.15, 0.2) is 51.4 Å². The third-order valence-corrected chi connectivity index (χ3v) is 5.38. The van der Waals surface area contributed by atoms with E-state index in [4.69, 9.17) is 4.74 Å². The van der Waals surface area contributed by atoms with Crippen LogP contribution < -0.4 is 0 Å². The van der Waals surface area contributed by atoms with E-state index < -0.39 is 0 Å². The molecule has 0 aromatic heterocycles. The molecule has 5 heteroatoms. The number of halogens is 2. The second-order valence-electron chi connectivity index (χ2n) is 5.63. The van der Waals surface area contributed by atoms with Gasteiger partial charge in [0.2, 0.25) is 5.91 Å². The van der Waals surface area contributed by atoms with Crippen LogP contribution in [0.1, 0.15) is 18.1 Å². The molecule has 22 heavy (non-hydrogen) atoms. The Balaban J connectivity index is 1.91. The molecule has 1 aromatic carbocycles. The van der Waals surface area contributed by atoms with Gasteiger partial charge in [0.15, 0.2) is 0 Å². The zero-order valence-corrected chi connectivity index (χ0v) is 15.4. The fourth-order valence-electron chi connectivity index (χ4n) is 3.05. The van der Waals surface area contributed by atoms with E-state index >= 15 is 0 Å². The first kappa shape index (κ1) is 16.0. The lowest BCUT2D eigenvalue weighted by Crippen LogP contribution is -2.51. The van der Waals surface area contributed by atoms with E-state index in [0.717, 1.165) is 20.9 Å². The minimum absolute atomic E-state index is 0.00975. The van der Waals surface area contributed by atoms with Gasteiger partial charge in [0.25, 0.3) is 0 Å². The molecule has 2 aliphatic rings. The maximum absolute atomic E-state index is 12.1. The molecule has 0 radical (unpaired) electrons. The second-order valence-corrected chi connectivity index (χ2v) is 7.46. The van der Waals surface area contributed by atoms with Crippen molar-refractivity contribution in [1.29, 1.82) is 0 Å². The summed E-state index contributed by atoms with van der Waals surface area (Å²) in [5, 5.41) is 0. The number of benzene rings is 1. The molecule has 116 valence electrons. The number of amides is 1. The van der Waals surface area contributed by atoms with Gasteiger partial charge < -0.3 is 9.64 Å². The van der Waals surface area contributed by atoms with Crippen LogP contribution in [0, 0.1) is 5.92 Å². The van der Waals surface area contributed by atoms with Crippen LogP contribution in [0.5, 0.6) is 0 Å². The Labute approximate surface area is 147 Å². The molecule has 3 nitrogen and oxygen atoms in total. The van der Waals surface area contributed by atoms with E-state index in [2.05, 4.69) is 62.2 Å². The van der Waals surface area contributed by atoms with Gasteiger partial charge in [-0.3, -0.25) is 4.79 Å². The molecule has 1 aliphatic heterocycles. The second kappa shape index (κ2) is 6.69. The van der Waals surface area contributed by atoms with Crippen LogP contribution in [0.4, 0.5) is 0 Å². The number of morpholine rings is 1. The zero-order chi connectivity index (χ0) is 15.7. The van der Waals surface area contributed by atoms with E-state index in [1.54, 1.807) is 0 Å². The lowest BCUT2D eigenvalue weighted by Gasteiger charge is -2.43. The van der Waals surface area contributed by atoms with Crippen molar-refractivity contribution in [3.8, 4) is 0 Å². The Kier molecular flexibility index (Phi) is 4.85. The van der Waals surface area contributed by atoms with E-state index in [1.807, 2.05) is 24.1 Å². The average Bonchev–Trinajstić information content (AvgIpc) is 2.52. The molecule has 3 rings (SSSR count). The van der Waals surface area contributed by atoms with Gasteiger partial charge in [0.05, 0.1) is 6.04 Å². The van der Waals surface area contributed by atoms with Gasteiger partial charge in [0.1, 0.15) is 12.7 Å². The molecular formula is C17H17Br2NO2. The highest BCUT2D eigenvalue weighted by Gasteiger charge is 2.39. The molecule has 3 atom stereocenters. The van der Waals surface area contributed by atoms with Gasteiger partial charge in [-0.25, -0.2) is 0 Å². The molecule has 0 spiro atoms. The summed E-state index contributed by atoms with van der Waals surface area (Å²) in [5.74, 6) is 0.296. The third-order valence-electron chi connectivity index (χ3n) is 4.26. The van der Waals surface area contributed by atoms with E-state index in [0.29, 0.717) is 0 Å². The highest BCUT2D eigenvalue weighted by atomic mass is 79.9. The van der Waals surface area contributed by atoms with Crippen molar-refractivity contribution < 1.29 is 9.53 Å². The number of allylic oxidation sites excluding steroid dienone is 3. The van der Waals surface area contributed by atoms with E-state index in [-0.39, 0.29) is 30.6 Å². The van der Waals surface area contributed by atoms with Crippen LogP contribution in [-0.2, 0) is 9.53 Å². The maximum Gasteiger partial charge on any atom is 0.248 e. The number of hydrogen-bond acceptors (Lipinski definition) is 2. The summed E-state index contributed by atoms with van der Waals surface area (Å²) >= 11 is 6.95. The largest absolute Gasteiger partial charge is 0.362 e. The van der Waals surface area contributed by atoms with Crippen LogP contribution in [0.25, 0.3) is 0 Å². The summed E-state index contributed by atoms with van der Waals surface area (Å²) in [6.45, 7) is 0.143. The molecule has 1 fully saturated rings. The number of hydrogen-bond donors (Lipinski definition) is 0. The van der Waals surface area contributed by atoms with Gasteiger partial charge in [-0.05, 0) is 24.1 Å². The smallest absolute Gasteiger partial charge is 0.248 e. The van der Waals surface area contributed by atoms with Gasteiger partial charge in [-0.1, -0.05) is 62.2 Å². The first-order valence-electron chi connectivity index (χ1n) is 7.23. The van der Waals surface area contributed by atoms with Gasteiger partial charge in [-0.2, -0.15) is 0 Å². The van der Waals surface area contributed by atoms with E-state index in [9.17, 15) is 4.79 Å². The Morgan fingerprint density at radius 2 is 1.95 bits per heavy atom. The van der Waals surface area contributed by atoms with Crippen molar-refractivity contribution >= 4 is 37.8 Å². The topological polar surface area (TPSA) is 29.5 Å². The van der Waals surface area contributed by atoms with Gasteiger partial charge in [0, 0.05) is 21.9 Å². The molecule has 1 aliphatic carbocycles. The molecule has 0 bridgehead atoms. The monoisotopic (exact) mass is 425 g/mol. The number of likely N-dealkylation sites (N-methyl/N-ethyl adjacent to an activating group) is 1. The predicted molar refractivity (Wildman–Crippen MR) is 93.7 cm³/mol. The zero-order valence-electron chi connectivity index (χ0n) is 12.2. The van der Waals surface area contributed by atoms with Crippen molar-refractivity contribution in [3.05, 3.63) is 57.0 Å². The van der Waals surface area contributed by atoms with Crippen LogP contribution >= 0.6 is 31.9 Å². The number of carbonyl (C=O) groups is 1. The highest BCUT2D eigenvalue weighted by Crippen LogP contribution is 2.37. The fourth-order valence-corrected chi connectivity index (χ4v) is 3.66. The van der Waals surface area contributed by atoms with Crippen molar-refractivity contribution in [2.24, 2.45) is 5.92 Å². The number of rotatable bonds is 2. The minimum atomic E-state index is -0.101. The quantitative estimate of drug-likeness (QED) is 0.709. The van der Waals surface area contributed by atoms with Crippen LogP contribution in [0.3, 0.4) is 0 Å². The Hall–Kier alpha value is -0.910. The molecule has 1 saturated heterocycles. The van der Waals surface area contributed by atoms with Gasteiger partial charge >= 0.3 is 0 Å². The molecule has 1 aromatic rings. The Morgan fingerprint density at radius 1 is 1.23 bits per heavy atom. The summed E-state index contributed by atoms with van der Waals surface area (Å²) in [4.78, 5) is 13.9. The predicted octanol–water partition coefficient (Wildman–Crippen LogP) is 4.20. The average molecular weight is 427 g/mol. The van der Waals surface area contributed by atoms with Crippen LogP contribution in [-0.4, -0.2) is 30.5 Å². The number of carbonyl (C=O) groups excluding carboxylic acids is 1. The summed E-state index contributed by atoms with van der Waals surface area (Å²) < 4.78 is 8.04. The maximum atomic E-state index is 12.1. The van der Waals surface area contributed by atoms with Crippen LogP contribution in [0.2, 0.25) is 0 Å². The third kappa shape index (κ3) is 3.21. The van der Waals surface area contributed by atoms with Crippen molar-refractivity contribution in [2.75, 3.05) is 13.7 Å². The number of ether oxygens (including phenoxy) is 1.